The zero-order valence-electron chi connectivity index (χ0n) is 10.8. The second-order valence-corrected chi connectivity index (χ2v) is 4.86. The lowest BCUT2D eigenvalue weighted by molar-refractivity contribution is 0.308. The standard InChI is InChI=1S/C12H17ClN2.C2H6/c13-11-3-1-2-10(8-11)9-12(14)4-6-15-7-5-12;1-2/h1-3,8,15H,4-7,9,14H2;1-2H3. The Morgan fingerprint density at radius 2 is 1.94 bits per heavy atom. The van der Waals surface area contributed by atoms with Gasteiger partial charge in [-0.25, -0.2) is 0 Å². The van der Waals surface area contributed by atoms with E-state index in [2.05, 4.69) is 11.4 Å². The lowest BCUT2D eigenvalue weighted by Gasteiger charge is -2.34. The lowest BCUT2D eigenvalue weighted by atomic mass is 9.83. The van der Waals surface area contributed by atoms with Crippen LogP contribution in [-0.4, -0.2) is 18.6 Å². The zero-order chi connectivity index (χ0) is 12.7. The SMILES string of the molecule is CC.NC1(Cc2cccc(Cl)c2)CCNCC1. The summed E-state index contributed by atoms with van der Waals surface area (Å²) in [5, 5.41) is 4.13. The van der Waals surface area contributed by atoms with Gasteiger partial charge in [-0.05, 0) is 50.0 Å². The minimum absolute atomic E-state index is 0.0457. The van der Waals surface area contributed by atoms with Crippen molar-refractivity contribution in [2.45, 2.75) is 38.6 Å². The Balaban J connectivity index is 0.000000686. The molecular weight excluding hydrogens is 232 g/mol. The van der Waals surface area contributed by atoms with Crippen LogP contribution < -0.4 is 11.1 Å². The van der Waals surface area contributed by atoms with Crippen molar-refractivity contribution in [3.8, 4) is 0 Å². The molecule has 0 radical (unpaired) electrons. The molecular formula is C14H23ClN2. The molecule has 1 aromatic rings. The van der Waals surface area contributed by atoms with Crippen LogP contribution in [-0.2, 0) is 6.42 Å². The van der Waals surface area contributed by atoms with Crippen molar-refractivity contribution in [3.63, 3.8) is 0 Å². The van der Waals surface area contributed by atoms with Crippen LogP contribution in [0.5, 0.6) is 0 Å². The topological polar surface area (TPSA) is 38.0 Å². The number of benzene rings is 1. The minimum Gasteiger partial charge on any atom is -0.325 e. The summed E-state index contributed by atoms with van der Waals surface area (Å²) < 4.78 is 0. The van der Waals surface area contributed by atoms with E-state index in [1.54, 1.807) is 0 Å². The predicted molar refractivity (Wildman–Crippen MR) is 75.5 cm³/mol. The first kappa shape index (κ1) is 14.5. The summed E-state index contributed by atoms with van der Waals surface area (Å²) in [4.78, 5) is 0. The van der Waals surface area contributed by atoms with Crippen molar-refractivity contribution in [1.29, 1.82) is 0 Å². The fourth-order valence-electron chi connectivity index (χ4n) is 2.15. The van der Waals surface area contributed by atoms with Gasteiger partial charge in [0.1, 0.15) is 0 Å². The van der Waals surface area contributed by atoms with Crippen molar-refractivity contribution in [1.82, 2.24) is 5.32 Å². The van der Waals surface area contributed by atoms with Crippen LogP contribution in [0.15, 0.2) is 24.3 Å². The number of piperidine rings is 1. The zero-order valence-corrected chi connectivity index (χ0v) is 11.6. The van der Waals surface area contributed by atoms with Gasteiger partial charge >= 0.3 is 0 Å². The first-order chi connectivity index (χ1) is 8.18. The molecule has 2 nitrogen and oxygen atoms in total. The fourth-order valence-corrected chi connectivity index (χ4v) is 2.37. The van der Waals surface area contributed by atoms with Gasteiger partial charge in [-0.2, -0.15) is 0 Å². The highest BCUT2D eigenvalue weighted by Crippen LogP contribution is 2.22. The second-order valence-electron chi connectivity index (χ2n) is 4.42. The van der Waals surface area contributed by atoms with Crippen LogP contribution in [0, 0.1) is 0 Å². The van der Waals surface area contributed by atoms with E-state index >= 15 is 0 Å². The summed E-state index contributed by atoms with van der Waals surface area (Å²) in [6, 6.07) is 8.00. The van der Waals surface area contributed by atoms with E-state index in [1.807, 2.05) is 32.0 Å². The summed E-state index contributed by atoms with van der Waals surface area (Å²) >= 11 is 5.95. The lowest BCUT2D eigenvalue weighted by Crippen LogP contribution is -2.50. The van der Waals surface area contributed by atoms with Crippen LogP contribution in [0.2, 0.25) is 5.02 Å². The maximum Gasteiger partial charge on any atom is 0.0408 e. The van der Waals surface area contributed by atoms with Crippen molar-refractivity contribution in [3.05, 3.63) is 34.9 Å². The van der Waals surface area contributed by atoms with Crippen molar-refractivity contribution in [2.24, 2.45) is 5.73 Å². The van der Waals surface area contributed by atoms with Gasteiger partial charge in [-0.3, -0.25) is 0 Å². The molecule has 0 saturated carbocycles. The third-order valence-corrected chi connectivity index (χ3v) is 3.28. The van der Waals surface area contributed by atoms with Gasteiger partial charge in [0.05, 0.1) is 0 Å². The molecule has 1 aromatic carbocycles. The first-order valence-electron chi connectivity index (χ1n) is 6.42. The van der Waals surface area contributed by atoms with Crippen molar-refractivity contribution >= 4 is 11.6 Å². The van der Waals surface area contributed by atoms with Crippen molar-refractivity contribution in [2.75, 3.05) is 13.1 Å². The largest absolute Gasteiger partial charge is 0.325 e. The number of halogens is 1. The van der Waals surface area contributed by atoms with E-state index in [4.69, 9.17) is 17.3 Å². The molecule has 0 aliphatic carbocycles. The number of rotatable bonds is 2. The van der Waals surface area contributed by atoms with E-state index in [9.17, 15) is 0 Å². The predicted octanol–water partition coefficient (Wildman–Crippen LogP) is 2.99. The smallest absolute Gasteiger partial charge is 0.0408 e. The third kappa shape index (κ3) is 4.66. The fraction of sp³-hybridized carbons (Fsp3) is 0.571. The molecule has 0 atom stereocenters. The van der Waals surface area contributed by atoms with E-state index in [0.29, 0.717) is 0 Å². The van der Waals surface area contributed by atoms with Crippen LogP contribution in [0.25, 0.3) is 0 Å². The number of hydrogen-bond acceptors (Lipinski definition) is 2. The monoisotopic (exact) mass is 254 g/mol. The molecule has 1 aliphatic rings. The van der Waals surface area contributed by atoms with Gasteiger partial charge < -0.3 is 11.1 Å². The molecule has 1 heterocycles. The molecule has 17 heavy (non-hydrogen) atoms. The molecule has 1 fully saturated rings. The summed E-state index contributed by atoms with van der Waals surface area (Å²) in [5.41, 5.74) is 7.55. The molecule has 0 spiro atoms. The van der Waals surface area contributed by atoms with Crippen LogP contribution in [0.1, 0.15) is 32.3 Å². The Labute approximate surface area is 110 Å². The maximum atomic E-state index is 6.36. The van der Waals surface area contributed by atoms with Crippen LogP contribution in [0.4, 0.5) is 0 Å². The van der Waals surface area contributed by atoms with Gasteiger partial charge in [0.25, 0.3) is 0 Å². The molecule has 0 amide bonds. The quantitative estimate of drug-likeness (QED) is 0.852. The summed E-state index contributed by atoms with van der Waals surface area (Å²) in [6.07, 6.45) is 3.01. The summed E-state index contributed by atoms with van der Waals surface area (Å²) in [6.45, 7) is 6.05. The minimum atomic E-state index is -0.0457. The van der Waals surface area contributed by atoms with Gasteiger partial charge in [-0.1, -0.05) is 37.6 Å². The molecule has 3 N–H and O–H groups in total. The molecule has 96 valence electrons. The second kappa shape index (κ2) is 7.00. The number of hydrogen-bond donors (Lipinski definition) is 2. The molecule has 2 rings (SSSR count). The number of nitrogens with one attached hydrogen (secondary N) is 1. The Bertz CT molecular complexity index is 333. The Hall–Kier alpha value is -0.570. The normalized spacial score (nSPS) is 18.1. The highest BCUT2D eigenvalue weighted by atomic mass is 35.5. The molecule has 1 saturated heterocycles. The highest BCUT2D eigenvalue weighted by Gasteiger charge is 2.27. The summed E-state index contributed by atoms with van der Waals surface area (Å²) in [7, 11) is 0. The average molecular weight is 255 g/mol. The van der Waals surface area contributed by atoms with Crippen LogP contribution >= 0.6 is 11.6 Å². The van der Waals surface area contributed by atoms with E-state index < -0.39 is 0 Å². The van der Waals surface area contributed by atoms with Crippen LogP contribution in [0.3, 0.4) is 0 Å². The Morgan fingerprint density at radius 1 is 1.29 bits per heavy atom. The summed E-state index contributed by atoms with van der Waals surface area (Å²) in [5.74, 6) is 0. The van der Waals surface area contributed by atoms with Gasteiger partial charge in [0, 0.05) is 10.6 Å². The first-order valence-corrected chi connectivity index (χ1v) is 6.80. The molecule has 0 unspecified atom stereocenters. The molecule has 3 heteroatoms. The maximum absolute atomic E-state index is 6.36. The number of nitrogens with two attached hydrogens (primary N) is 1. The Kier molecular flexibility index (Phi) is 5.96. The van der Waals surface area contributed by atoms with E-state index in [0.717, 1.165) is 37.4 Å². The van der Waals surface area contributed by atoms with Gasteiger partial charge in [0.2, 0.25) is 0 Å². The molecule has 0 bridgehead atoms. The third-order valence-electron chi connectivity index (χ3n) is 3.04. The van der Waals surface area contributed by atoms with E-state index in [1.165, 1.54) is 5.56 Å². The highest BCUT2D eigenvalue weighted by molar-refractivity contribution is 6.30. The van der Waals surface area contributed by atoms with E-state index in [-0.39, 0.29) is 5.54 Å². The Morgan fingerprint density at radius 3 is 2.53 bits per heavy atom. The molecule has 1 aliphatic heterocycles. The molecule has 0 aromatic heterocycles. The average Bonchev–Trinajstić information content (AvgIpc) is 2.32. The van der Waals surface area contributed by atoms with Gasteiger partial charge in [0.15, 0.2) is 0 Å². The van der Waals surface area contributed by atoms with Gasteiger partial charge in [-0.15, -0.1) is 0 Å². The van der Waals surface area contributed by atoms with Crippen molar-refractivity contribution < 1.29 is 0 Å².